The lowest BCUT2D eigenvalue weighted by atomic mass is 10.1. The van der Waals surface area contributed by atoms with Gasteiger partial charge in [0.2, 0.25) is 5.88 Å². The fourth-order valence-corrected chi connectivity index (χ4v) is 4.51. The van der Waals surface area contributed by atoms with Crippen LogP contribution in [0.2, 0.25) is 0 Å². The number of para-hydroxylation sites is 1. The molecule has 0 fully saturated rings. The molecule has 8 heteroatoms. The molecule has 0 spiro atoms. The zero-order valence-corrected chi connectivity index (χ0v) is 19.0. The largest absolute Gasteiger partial charge is 0.484 e. The number of nitrogens with one attached hydrogen (secondary N) is 1. The summed E-state index contributed by atoms with van der Waals surface area (Å²) in [5.41, 5.74) is 3.51. The maximum absolute atomic E-state index is 12.6. The van der Waals surface area contributed by atoms with Gasteiger partial charge >= 0.3 is 5.97 Å². The van der Waals surface area contributed by atoms with Crippen molar-refractivity contribution in [3.05, 3.63) is 64.9 Å². The number of ether oxygens (including phenoxy) is 2. The van der Waals surface area contributed by atoms with Crippen molar-refractivity contribution in [1.29, 1.82) is 0 Å². The highest BCUT2D eigenvalue weighted by atomic mass is 32.1. The van der Waals surface area contributed by atoms with E-state index < -0.39 is 11.9 Å². The first kappa shape index (κ1) is 21.6. The summed E-state index contributed by atoms with van der Waals surface area (Å²) in [6.45, 7) is 5.36. The first-order valence-corrected chi connectivity index (χ1v) is 10.8. The number of carbonyl (C=O) groups is 2. The number of nitrogens with zero attached hydrogens (tertiary/aromatic N) is 1. The first-order chi connectivity index (χ1) is 15.4. The molecular formula is C24H22N2O5S. The van der Waals surface area contributed by atoms with E-state index in [1.807, 2.05) is 56.3 Å². The Bertz CT molecular complexity index is 1270. The molecule has 0 radical (unpaired) electrons. The molecule has 1 N–H and O–H groups in total. The molecule has 0 aliphatic carbocycles. The van der Waals surface area contributed by atoms with Gasteiger partial charge in [0.05, 0.1) is 22.9 Å². The summed E-state index contributed by atoms with van der Waals surface area (Å²) in [5.74, 6) is 0.0895. The van der Waals surface area contributed by atoms with Crippen molar-refractivity contribution in [2.75, 3.05) is 19.0 Å². The molecule has 2 aromatic carbocycles. The van der Waals surface area contributed by atoms with Crippen LogP contribution in [0.1, 0.15) is 27.2 Å². The van der Waals surface area contributed by atoms with E-state index in [0.29, 0.717) is 22.1 Å². The van der Waals surface area contributed by atoms with Gasteiger partial charge in [0, 0.05) is 0 Å². The number of rotatable bonds is 6. The minimum Gasteiger partial charge on any atom is -0.484 e. The van der Waals surface area contributed by atoms with Crippen molar-refractivity contribution in [1.82, 2.24) is 4.98 Å². The first-order valence-electron chi connectivity index (χ1n) is 9.94. The number of fused-ring (bicyclic) bond motifs is 1. The maximum Gasteiger partial charge on any atom is 0.342 e. The van der Waals surface area contributed by atoms with E-state index in [1.54, 1.807) is 6.92 Å². The highest BCUT2D eigenvalue weighted by Gasteiger charge is 2.28. The van der Waals surface area contributed by atoms with Crippen molar-refractivity contribution >= 4 is 39.3 Å². The van der Waals surface area contributed by atoms with Crippen LogP contribution in [0.3, 0.4) is 0 Å². The molecule has 0 saturated carbocycles. The second-order valence-corrected chi connectivity index (χ2v) is 8.41. The molecule has 0 atom stereocenters. The van der Waals surface area contributed by atoms with Crippen LogP contribution in [0.25, 0.3) is 20.8 Å². The molecule has 4 aromatic rings. The topological polar surface area (TPSA) is 90.7 Å². The van der Waals surface area contributed by atoms with Crippen molar-refractivity contribution < 1.29 is 23.5 Å². The second-order valence-electron chi connectivity index (χ2n) is 7.38. The molecule has 0 aliphatic heterocycles. The standard InChI is InChI=1S/C24H22N2O5S/c1-13-9-14(2)11-16(10-13)30-12-19(27)26-22-21(20(15(3)31-22)24(28)29-4)23-25-17-7-5-6-8-18(17)32-23/h5-11H,12H2,1-4H3,(H,26,27). The molecule has 0 aliphatic rings. The van der Waals surface area contributed by atoms with Crippen LogP contribution in [0.15, 0.2) is 46.9 Å². The van der Waals surface area contributed by atoms with Crippen molar-refractivity contribution in [2.24, 2.45) is 0 Å². The predicted octanol–water partition coefficient (Wildman–Crippen LogP) is 5.29. The van der Waals surface area contributed by atoms with Crippen LogP contribution >= 0.6 is 11.3 Å². The van der Waals surface area contributed by atoms with Crippen LogP contribution in [-0.2, 0) is 9.53 Å². The summed E-state index contributed by atoms with van der Waals surface area (Å²) in [5, 5.41) is 3.27. The number of furan rings is 1. The maximum atomic E-state index is 12.6. The second kappa shape index (κ2) is 8.84. The van der Waals surface area contributed by atoms with Gasteiger partial charge < -0.3 is 13.9 Å². The Morgan fingerprint density at radius 1 is 1.09 bits per heavy atom. The number of benzene rings is 2. The Morgan fingerprint density at radius 2 is 1.81 bits per heavy atom. The zero-order valence-electron chi connectivity index (χ0n) is 18.1. The molecule has 2 heterocycles. The summed E-state index contributed by atoms with van der Waals surface area (Å²) in [6, 6.07) is 13.4. The molecule has 0 saturated heterocycles. The van der Waals surface area contributed by atoms with Crippen molar-refractivity contribution in [3.8, 4) is 16.3 Å². The number of anilines is 1. The smallest absolute Gasteiger partial charge is 0.342 e. The fourth-order valence-electron chi connectivity index (χ4n) is 3.49. The van der Waals surface area contributed by atoms with Crippen LogP contribution < -0.4 is 10.1 Å². The number of thiazole rings is 1. The van der Waals surface area contributed by atoms with E-state index in [-0.39, 0.29) is 18.1 Å². The molecule has 1 amide bonds. The van der Waals surface area contributed by atoms with Crippen LogP contribution in [0.4, 0.5) is 5.88 Å². The Labute approximate surface area is 189 Å². The van der Waals surface area contributed by atoms with Gasteiger partial charge in [-0.1, -0.05) is 18.2 Å². The lowest BCUT2D eigenvalue weighted by Crippen LogP contribution is -2.20. The Hall–Kier alpha value is -3.65. The van der Waals surface area contributed by atoms with E-state index in [4.69, 9.17) is 13.9 Å². The van der Waals surface area contributed by atoms with Gasteiger partial charge in [0.15, 0.2) is 6.61 Å². The van der Waals surface area contributed by atoms with E-state index >= 15 is 0 Å². The van der Waals surface area contributed by atoms with Crippen molar-refractivity contribution in [2.45, 2.75) is 20.8 Å². The number of amides is 1. The van der Waals surface area contributed by atoms with Gasteiger partial charge in [-0.2, -0.15) is 0 Å². The minimum absolute atomic E-state index is 0.135. The van der Waals surface area contributed by atoms with Gasteiger partial charge in [-0.25, -0.2) is 9.78 Å². The summed E-state index contributed by atoms with van der Waals surface area (Å²) in [4.78, 5) is 29.7. The summed E-state index contributed by atoms with van der Waals surface area (Å²) >= 11 is 1.40. The van der Waals surface area contributed by atoms with Crippen LogP contribution in [0.5, 0.6) is 5.75 Å². The normalized spacial score (nSPS) is 10.9. The number of esters is 1. The van der Waals surface area contributed by atoms with Gasteiger partial charge in [-0.3, -0.25) is 10.1 Å². The van der Waals surface area contributed by atoms with Gasteiger partial charge in [0.25, 0.3) is 5.91 Å². The summed E-state index contributed by atoms with van der Waals surface area (Å²) in [7, 11) is 1.30. The van der Waals surface area contributed by atoms with Gasteiger partial charge in [-0.15, -0.1) is 11.3 Å². The number of carbonyl (C=O) groups excluding carboxylic acids is 2. The Balaban J connectivity index is 1.64. The minimum atomic E-state index is -0.563. The molecular weight excluding hydrogens is 428 g/mol. The van der Waals surface area contributed by atoms with Crippen molar-refractivity contribution in [3.63, 3.8) is 0 Å². The molecule has 164 valence electrons. The lowest BCUT2D eigenvalue weighted by molar-refractivity contribution is -0.118. The lowest BCUT2D eigenvalue weighted by Gasteiger charge is -2.09. The third kappa shape index (κ3) is 4.36. The Morgan fingerprint density at radius 3 is 2.50 bits per heavy atom. The molecule has 4 rings (SSSR count). The fraction of sp³-hybridized carbons (Fsp3) is 0.208. The van der Waals surface area contributed by atoms with E-state index in [2.05, 4.69) is 10.3 Å². The molecule has 7 nitrogen and oxygen atoms in total. The van der Waals surface area contributed by atoms with Crippen LogP contribution in [-0.4, -0.2) is 30.6 Å². The third-order valence-corrected chi connectivity index (χ3v) is 5.85. The van der Waals surface area contributed by atoms with Crippen LogP contribution in [0, 0.1) is 20.8 Å². The number of methoxy groups -OCH3 is 1. The number of hydrogen-bond acceptors (Lipinski definition) is 7. The van der Waals surface area contributed by atoms with E-state index in [9.17, 15) is 9.59 Å². The molecule has 2 aromatic heterocycles. The molecule has 0 unspecified atom stereocenters. The molecule has 0 bridgehead atoms. The van der Waals surface area contributed by atoms with Gasteiger partial charge in [-0.05, 0) is 56.2 Å². The molecule has 32 heavy (non-hydrogen) atoms. The summed E-state index contributed by atoms with van der Waals surface area (Å²) < 4.78 is 17.3. The number of aromatic nitrogens is 1. The quantitative estimate of drug-likeness (QED) is 0.402. The van der Waals surface area contributed by atoms with E-state index in [1.165, 1.54) is 18.4 Å². The highest BCUT2D eigenvalue weighted by Crippen LogP contribution is 2.40. The zero-order chi connectivity index (χ0) is 22.8. The third-order valence-electron chi connectivity index (χ3n) is 4.80. The number of hydrogen-bond donors (Lipinski definition) is 1. The van der Waals surface area contributed by atoms with Gasteiger partial charge in [0.1, 0.15) is 22.1 Å². The number of aryl methyl sites for hydroxylation is 3. The summed E-state index contributed by atoms with van der Waals surface area (Å²) in [6.07, 6.45) is 0. The predicted molar refractivity (Wildman–Crippen MR) is 123 cm³/mol. The average Bonchev–Trinajstić information content (AvgIpc) is 3.31. The Kier molecular flexibility index (Phi) is 5.96. The SMILES string of the molecule is COC(=O)c1c(C)oc(NC(=O)COc2cc(C)cc(C)c2)c1-c1nc2ccccc2s1. The monoisotopic (exact) mass is 450 g/mol. The van der Waals surface area contributed by atoms with E-state index in [0.717, 1.165) is 21.3 Å². The highest BCUT2D eigenvalue weighted by molar-refractivity contribution is 7.21. The average molecular weight is 451 g/mol.